The Hall–Kier alpha value is -3.29. The molecule has 37 heavy (non-hydrogen) atoms. The van der Waals surface area contributed by atoms with Gasteiger partial charge in [-0.1, -0.05) is 49.2 Å². The second-order valence-electron chi connectivity index (χ2n) is 9.14. The predicted molar refractivity (Wildman–Crippen MR) is 148 cm³/mol. The Balaban J connectivity index is 1.80. The lowest BCUT2D eigenvalue weighted by Gasteiger charge is -2.26. The zero-order chi connectivity index (χ0) is 26.5. The summed E-state index contributed by atoms with van der Waals surface area (Å²) in [5.74, 6) is 1.86. The van der Waals surface area contributed by atoms with Crippen molar-refractivity contribution in [2.24, 2.45) is 5.92 Å². The minimum absolute atomic E-state index is 0.0582. The topological polar surface area (TPSA) is 69.5 Å². The number of anilines is 1. The number of methoxy groups -OCH3 is 2. The van der Waals surface area contributed by atoms with Gasteiger partial charge >= 0.3 is 0 Å². The van der Waals surface area contributed by atoms with Crippen molar-refractivity contribution in [1.29, 1.82) is 0 Å². The van der Waals surface area contributed by atoms with Crippen molar-refractivity contribution in [3.05, 3.63) is 76.2 Å². The number of carbonyl (C=O) groups excluding carboxylic acids is 1. The van der Waals surface area contributed by atoms with Gasteiger partial charge in [0.1, 0.15) is 16.4 Å². The van der Waals surface area contributed by atoms with Crippen LogP contribution < -0.4 is 14.4 Å². The van der Waals surface area contributed by atoms with Crippen LogP contribution in [0.25, 0.3) is 11.2 Å². The van der Waals surface area contributed by atoms with E-state index in [1.165, 1.54) is 7.11 Å². The molecular formula is C28H30Cl2N4O3. The van der Waals surface area contributed by atoms with Gasteiger partial charge in [-0.3, -0.25) is 4.79 Å². The molecule has 2 aromatic carbocycles. The van der Waals surface area contributed by atoms with E-state index in [1.54, 1.807) is 30.3 Å². The molecule has 2 aromatic heterocycles. The molecule has 2 heterocycles. The lowest BCUT2D eigenvalue weighted by atomic mass is 10.1. The quantitative estimate of drug-likeness (QED) is 0.222. The largest absolute Gasteiger partial charge is 0.493 e. The molecule has 9 heteroatoms. The van der Waals surface area contributed by atoms with Crippen LogP contribution in [-0.2, 0) is 17.9 Å². The van der Waals surface area contributed by atoms with Crippen molar-refractivity contribution in [3.63, 3.8) is 0 Å². The van der Waals surface area contributed by atoms with Gasteiger partial charge in [0, 0.05) is 17.6 Å². The van der Waals surface area contributed by atoms with Gasteiger partial charge in [-0.2, -0.15) is 0 Å². The Labute approximate surface area is 226 Å². The summed E-state index contributed by atoms with van der Waals surface area (Å²) in [5.41, 5.74) is 3.00. The van der Waals surface area contributed by atoms with Crippen LogP contribution in [0.2, 0.25) is 10.0 Å². The van der Waals surface area contributed by atoms with E-state index in [-0.39, 0.29) is 12.5 Å². The van der Waals surface area contributed by atoms with E-state index in [1.807, 2.05) is 41.0 Å². The number of aromatic nitrogens is 3. The second-order valence-corrected chi connectivity index (χ2v) is 9.95. The number of fused-ring (bicyclic) bond motifs is 1. The van der Waals surface area contributed by atoms with E-state index in [0.717, 1.165) is 23.1 Å². The fourth-order valence-corrected chi connectivity index (χ4v) is 4.74. The number of ether oxygens (including phenoxy) is 2. The minimum Gasteiger partial charge on any atom is -0.493 e. The standard InChI is InChI=1S/C28H30Cl2N4O3/c1-18(2)10-13-25(35)33(22-11-12-23(36-3)27(37-4)26(22)30)17-24-32-21-9-6-14-31-28(21)34(24)16-19-7-5-8-20(29)15-19/h5-9,11-12,14-15,18H,10,13,16-17H2,1-4H3. The molecule has 0 fully saturated rings. The van der Waals surface area contributed by atoms with Crippen molar-refractivity contribution in [2.75, 3.05) is 19.1 Å². The first-order valence-electron chi connectivity index (χ1n) is 12.1. The van der Waals surface area contributed by atoms with Crippen LogP contribution in [0.5, 0.6) is 11.5 Å². The molecule has 1 amide bonds. The number of hydrogen-bond acceptors (Lipinski definition) is 5. The van der Waals surface area contributed by atoms with E-state index in [0.29, 0.717) is 51.9 Å². The normalized spacial score (nSPS) is 11.2. The molecule has 0 unspecified atom stereocenters. The molecule has 0 aliphatic carbocycles. The number of halogens is 2. The van der Waals surface area contributed by atoms with Gasteiger partial charge in [0.2, 0.25) is 5.91 Å². The minimum atomic E-state index is -0.0582. The van der Waals surface area contributed by atoms with E-state index in [2.05, 4.69) is 18.8 Å². The summed E-state index contributed by atoms with van der Waals surface area (Å²) in [6.45, 7) is 4.88. The summed E-state index contributed by atoms with van der Waals surface area (Å²) >= 11 is 13.0. The Morgan fingerprint density at radius 2 is 1.89 bits per heavy atom. The number of carbonyl (C=O) groups is 1. The third kappa shape index (κ3) is 6.00. The van der Waals surface area contributed by atoms with Crippen molar-refractivity contribution in [3.8, 4) is 11.5 Å². The molecule has 0 N–H and O–H groups in total. The van der Waals surface area contributed by atoms with Gasteiger partial charge in [0.15, 0.2) is 17.1 Å². The zero-order valence-corrected chi connectivity index (χ0v) is 22.9. The van der Waals surface area contributed by atoms with Gasteiger partial charge in [-0.15, -0.1) is 0 Å². The van der Waals surface area contributed by atoms with Crippen molar-refractivity contribution >= 4 is 46.0 Å². The van der Waals surface area contributed by atoms with Gasteiger partial charge in [0.25, 0.3) is 0 Å². The molecule has 0 aliphatic rings. The molecule has 0 radical (unpaired) electrons. The van der Waals surface area contributed by atoms with E-state index in [9.17, 15) is 4.79 Å². The summed E-state index contributed by atoms with van der Waals surface area (Å²) in [7, 11) is 3.07. The summed E-state index contributed by atoms with van der Waals surface area (Å²) in [6, 6.07) is 14.9. The van der Waals surface area contributed by atoms with Crippen LogP contribution in [0.3, 0.4) is 0 Å². The first-order valence-corrected chi connectivity index (χ1v) is 12.8. The summed E-state index contributed by atoms with van der Waals surface area (Å²) in [6.07, 6.45) is 2.86. The third-order valence-electron chi connectivity index (χ3n) is 6.10. The highest BCUT2D eigenvalue weighted by Crippen LogP contribution is 2.42. The Kier molecular flexibility index (Phi) is 8.56. The van der Waals surface area contributed by atoms with Crippen LogP contribution in [0.15, 0.2) is 54.7 Å². The maximum Gasteiger partial charge on any atom is 0.227 e. The monoisotopic (exact) mass is 540 g/mol. The maximum atomic E-state index is 13.6. The van der Waals surface area contributed by atoms with Crippen molar-refractivity contribution in [1.82, 2.24) is 14.5 Å². The number of rotatable bonds is 10. The Morgan fingerprint density at radius 1 is 1.08 bits per heavy atom. The van der Waals surface area contributed by atoms with Crippen LogP contribution >= 0.6 is 23.2 Å². The van der Waals surface area contributed by atoms with Crippen molar-refractivity contribution in [2.45, 2.75) is 39.8 Å². The molecule has 0 bridgehead atoms. The summed E-state index contributed by atoms with van der Waals surface area (Å²) in [5, 5.41) is 0.953. The highest BCUT2D eigenvalue weighted by atomic mass is 35.5. The Morgan fingerprint density at radius 3 is 2.59 bits per heavy atom. The van der Waals surface area contributed by atoms with E-state index >= 15 is 0 Å². The highest BCUT2D eigenvalue weighted by molar-refractivity contribution is 6.35. The smallest absolute Gasteiger partial charge is 0.227 e. The van der Waals surface area contributed by atoms with Crippen LogP contribution in [0, 0.1) is 5.92 Å². The molecule has 0 saturated heterocycles. The van der Waals surface area contributed by atoms with Crippen LogP contribution in [0.1, 0.15) is 38.1 Å². The number of amides is 1. The molecule has 4 rings (SSSR count). The number of pyridine rings is 1. The lowest BCUT2D eigenvalue weighted by molar-refractivity contribution is -0.119. The van der Waals surface area contributed by atoms with Crippen LogP contribution in [0.4, 0.5) is 5.69 Å². The summed E-state index contributed by atoms with van der Waals surface area (Å²) < 4.78 is 12.9. The molecular weight excluding hydrogens is 511 g/mol. The first kappa shape index (κ1) is 26.8. The fraction of sp³-hybridized carbons (Fsp3) is 0.321. The van der Waals surface area contributed by atoms with Gasteiger partial charge in [-0.25, -0.2) is 9.97 Å². The number of nitrogens with zero attached hydrogens (tertiary/aromatic N) is 4. The lowest BCUT2D eigenvalue weighted by Crippen LogP contribution is -2.32. The van der Waals surface area contributed by atoms with Gasteiger partial charge in [-0.05, 0) is 54.3 Å². The Bertz CT molecular complexity index is 1400. The maximum absolute atomic E-state index is 13.6. The number of benzene rings is 2. The highest BCUT2D eigenvalue weighted by Gasteiger charge is 2.25. The van der Waals surface area contributed by atoms with E-state index in [4.69, 9.17) is 37.7 Å². The fourth-order valence-electron chi connectivity index (χ4n) is 4.19. The van der Waals surface area contributed by atoms with Gasteiger partial charge in [0.05, 0.1) is 33.0 Å². The molecule has 0 spiro atoms. The summed E-state index contributed by atoms with van der Waals surface area (Å²) in [4.78, 5) is 24.7. The molecule has 0 aliphatic heterocycles. The first-order chi connectivity index (χ1) is 17.8. The zero-order valence-electron chi connectivity index (χ0n) is 21.4. The molecule has 0 saturated carbocycles. The third-order valence-corrected chi connectivity index (χ3v) is 6.70. The SMILES string of the molecule is COc1ccc(N(Cc2nc3cccnc3n2Cc2cccc(Cl)c2)C(=O)CCC(C)C)c(Cl)c1OC. The average molecular weight is 541 g/mol. The van der Waals surface area contributed by atoms with Crippen molar-refractivity contribution < 1.29 is 14.3 Å². The predicted octanol–water partition coefficient (Wildman–Crippen LogP) is 6.77. The number of hydrogen-bond donors (Lipinski definition) is 0. The van der Waals surface area contributed by atoms with Crippen LogP contribution in [-0.4, -0.2) is 34.7 Å². The number of imidazole rings is 1. The molecule has 4 aromatic rings. The second kappa shape index (κ2) is 11.8. The van der Waals surface area contributed by atoms with E-state index < -0.39 is 0 Å². The molecule has 194 valence electrons. The molecule has 0 atom stereocenters. The molecule has 7 nitrogen and oxygen atoms in total. The van der Waals surface area contributed by atoms with Gasteiger partial charge < -0.3 is 18.9 Å². The average Bonchev–Trinajstić information content (AvgIpc) is 3.22.